The van der Waals surface area contributed by atoms with E-state index in [0.29, 0.717) is 0 Å². The third kappa shape index (κ3) is 5.63. The first-order valence-corrected chi connectivity index (χ1v) is 12.9. The van der Waals surface area contributed by atoms with E-state index in [9.17, 15) is 61.0 Å². The van der Waals surface area contributed by atoms with Crippen molar-refractivity contribution in [3.05, 3.63) is 52.6 Å². The molecule has 11 N–H and O–H groups in total. The van der Waals surface area contributed by atoms with Crippen LogP contribution >= 0.6 is 0 Å². The fourth-order valence-corrected chi connectivity index (χ4v) is 5.26. The summed E-state index contributed by atoms with van der Waals surface area (Å²) in [5.41, 5.74) is -1.55. The van der Waals surface area contributed by atoms with E-state index in [1.807, 2.05) is 0 Å². The number of hydrogen-bond acceptors (Lipinski definition) is 14. The van der Waals surface area contributed by atoms with Crippen LogP contribution in [0.25, 0.3) is 0 Å². The van der Waals surface area contributed by atoms with Crippen LogP contribution in [0.3, 0.4) is 0 Å². The quantitative estimate of drug-likeness (QED) is 0.146. The van der Waals surface area contributed by atoms with E-state index in [4.69, 9.17) is 9.47 Å². The predicted molar refractivity (Wildman–Crippen MR) is 136 cm³/mol. The van der Waals surface area contributed by atoms with Crippen molar-refractivity contribution in [1.82, 2.24) is 0 Å². The van der Waals surface area contributed by atoms with Gasteiger partial charge in [0.2, 0.25) is 0 Å². The van der Waals surface area contributed by atoms with Gasteiger partial charge in [0, 0.05) is 6.42 Å². The van der Waals surface area contributed by atoms with E-state index >= 15 is 0 Å². The summed E-state index contributed by atoms with van der Waals surface area (Å²) in [5.74, 6) is -4.07. The molecule has 41 heavy (non-hydrogen) atoms. The number of aliphatic hydroxyl groups is 8. The normalized spacial score (nSPS) is 34.0. The Labute approximate surface area is 233 Å². The van der Waals surface area contributed by atoms with E-state index in [2.05, 4.69) is 0 Å². The zero-order valence-corrected chi connectivity index (χ0v) is 21.6. The van der Waals surface area contributed by atoms with Gasteiger partial charge in [0.15, 0.2) is 5.78 Å². The monoisotopic (exact) mass is 582 g/mol. The smallest absolute Gasteiger partial charge is 0.170 e. The van der Waals surface area contributed by atoms with E-state index in [1.54, 1.807) is 30.3 Å². The first kappa shape index (κ1) is 31.1. The lowest BCUT2D eigenvalue weighted by molar-refractivity contribution is -0.234. The van der Waals surface area contributed by atoms with Crippen molar-refractivity contribution in [3.63, 3.8) is 0 Å². The number of aryl methyl sites for hydroxylation is 1. The fraction of sp³-hybridized carbons (Fsp3) is 0.519. The van der Waals surface area contributed by atoms with Crippen molar-refractivity contribution < 1.29 is 70.4 Å². The number of ether oxygens (including phenoxy) is 2. The average molecular weight is 583 g/mol. The lowest BCUT2D eigenvalue weighted by Gasteiger charge is -2.42. The maximum atomic E-state index is 13.4. The fourth-order valence-electron chi connectivity index (χ4n) is 5.26. The molecule has 14 heteroatoms. The molecule has 4 rings (SSSR count). The number of hydrogen-bond donors (Lipinski definition) is 11. The molecular formula is C27H34O14. The van der Waals surface area contributed by atoms with Gasteiger partial charge in [-0.05, 0) is 12.0 Å². The second kappa shape index (κ2) is 12.5. The molecule has 2 saturated heterocycles. The standard InChI is InChI=1S/C27H34O14/c28-8-12-17(31)22(36)24(38)26(40-12)15-19(33)14(11(30)7-6-10-4-2-1-3-5-10)20(34)16(21(15)35)27-25(39)23(37)18(32)13(9-29)41-27/h1-5,12-13,17-18,22-29,31-39H,6-9H2/t12-,13-,17-,18-,22+,23+,24-,25-,26-,27-/m1/s1. The lowest BCUT2D eigenvalue weighted by atomic mass is 9.83. The Morgan fingerprint density at radius 3 is 1.49 bits per heavy atom. The molecule has 0 spiro atoms. The minimum absolute atomic E-state index is 0.157. The van der Waals surface area contributed by atoms with Gasteiger partial charge in [-0.15, -0.1) is 0 Å². The molecule has 2 aliphatic heterocycles. The number of aliphatic hydroxyl groups excluding tert-OH is 8. The average Bonchev–Trinajstić information content (AvgIpc) is 2.96. The number of phenols is 3. The summed E-state index contributed by atoms with van der Waals surface area (Å²) in [4.78, 5) is 13.4. The van der Waals surface area contributed by atoms with Gasteiger partial charge < -0.3 is 65.6 Å². The molecule has 2 aliphatic rings. The molecule has 0 saturated carbocycles. The van der Waals surface area contributed by atoms with Gasteiger partial charge in [0.05, 0.1) is 24.3 Å². The van der Waals surface area contributed by atoms with Crippen molar-refractivity contribution in [2.24, 2.45) is 0 Å². The van der Waals surface area contributed by atoms with Crippen molar-refractivity contribution in [2.45, 2.75) is 73.9 Å². The van der Waals surface area contributed by atoms with Crippen molar-refractivity contribution in [3.8, 4) is 17.2 Å². The Morgan fingerprint density at radius 2 is 1.07 bits per heavy atom. The number of phenolic OH excluding ortho intramolecular Hbond substituents is 3. The number of ketones is 1. The third-order valence-electron chi connectivity index (χ3n) is 7.61. The van der Waals surface area contributed by atoms with E-state index in [-0.39, 0.29) is 12.8 Å². The minimum atomic E-state index is -2.04. The van der Waals surface area contributed by atoms with Crippen molar-refractivity contribution in [2.75, 3.05) is 13.2 Å². The highest BCUT2D eigenvalue weighted by Gasteiger charge is 2.50. The molecule has 0 aliphatic carbocycles. The first-order chi connectivity index (χ1) is 19.4. The van der Waals surface area contributed by atoms with Crippen LogP contribution in [0.1, 0.15) is 45.7 Å². The highest BCUT2D eigenvalue weighted by atomic mass is 16.6. The molecule has 2 heterocycles. The molecular weight excluding hydrogens is 548 g/mol. The summed E-state index contributed by atoms with van der Waals surface area (Å²) in [6.45, 7) is -1.72. The number of rotatable bonds is 8. The van der Waals surface area contributed by atoms with Crippen LogP contribution in [0.4, 0.5) is 0 Å². The first-order valence-electron chi connectivity index (χ1n) is 12.9. The SMILES string of the molecule is O=C(CCc1ccccc1)c1c(O)c([C@H]2O[C@H](CO)[C@@H](O)[C@H](O)[C@H]2O)c(O)c([C@H]2O[C@H](CO)[C@@H](O)[C@H](O)[C@H]2O)c1O. The molecule has 10 atom stereocenters. The van der Waals surface area contributed by atoms with Crippen LogP contribution in [-0.4, -0.2) is 124 Å². The Bertz CT molecular complexity index is 1160. The maximum absolute atomic E-state index is 13.4. The topological polar surface area (TPSA) is 258 Å². The van der Waals surface area contributed by atoms with Gasteiger partial charge >= 0.3 is 0 Å². The van der Waals surface area contributed by atoms with Crippen LogP contribution in [0.15, 0.2) is 30.3 Å². The Balaban J connectivity index is 1.88. The van der Waals surface area contributed by atoms with Gasteiger partial charge in [0.25, 0.3) is 0 Å². The maximum Gasteiger partial charge on any atom is 0.170 e. The van der Waals surface area contributed by atoms with Crippen LogP contribution in [0, 0.1) is 0 Å². The zero-order chi connectivity index (χ0) is 30.2. The largest absolute Gasteiger partial charge is 0.507 e. The second-order valence-corrected chi connectivity index (χ2v) is 10.2. The van der Waals surface area contributed by atoms with Crippen LogP contribution < -0.4 is 0 Å². The Kier molecular flexibility index (Phi) is 9.50. The number of carbonyl (C=O) groups is 1. The molecule has 0 radical (unpaired) electrons. The van der Waals surface area contributed by atoms with E-state index in [1.165, 1.54) is 0 Å². The number of benzene rings is 2. The Hall–Kier alpha value is -2.89. The van der Waals surface area contributed by atoms with Gasteiger partial charge in [-0.25, -0.2) is 0 Å². The molecule has 2 fully saturated rings. The summed E-state index contributed by atoms with van der Waals surface area (Å²) in [5, 5.41) is 115. The molecule has 226 valence electrons. The number of Topliss-reactive ketones (excluding diaryl/α,β-unsaturated/α-hetero) is 1. The minimum Gasteiger partial charge on any atom is -0.507 e. The van der Waals surface area contributed by atoms with Crippen molar-refractivity contribution in [1.29, 1.82) is 0 Å². The number of aromatic hydroxyl groups is 3. The molecule has 0 unspecified atom stereocenters. The van der Waals surface area contributed by atoms with Gasteiger partial charge in [-0.2, -0.15) is 0 Å². The van der Waals surface area contributed by atoms with Crippen LogP contribution in [0.5, 0.6) is 17.2 Å². The summed E-state index contributed by atoms with van der Waals surface area (Å²) < 4.78 is 11.0. The van der Waals surface area contributed by atoms with Gasteiger partial charge in [-0.3, -0.25) is 4.79 Å². The second-order valence-electron chi connectivity index (χ2n) is 10.2. The molecule has 0 bridgehead atoms. The van der Waals surface area contributed by atoms with Crippen LogP contribution in [-0.2, 0) is 15.9 Å². The molecule has 0 amide bonds. The third-order valence-corrected chi connectivity index (χ3v) is 7.61. The summed E-state index contributed by atoms with van der Waals surface area (Å²) in [6, 6.07) is 8.72. The molecule has 2 aromatic carbocycles. The summed E-state index contributed by atoms with van der Waals surface area (Å²) in [6.07, 6.45) is -18.5. The van der Waals surface area contributed by atoms with E-state index in [0.717, 1.165) is 5.56 Å². The highest BCUT2D eigenvalue weighted by molar-refractivity contribution is 6.02. The lowest BCUT2D eigenvalue weighted by Crippen LogP contribution is -2.55. The van der Waals surface area contributed by atoms with Gasteiger partial charge in [0.1, 0.15) is 83.9 Å². The van der Waals surface area contributed by atoms with E-state index < -0.39 is 114 Å². The summed E-state index contributed by atoms with van der Waals surface area (Å²) in [7, 11) is 0. The van der Waals surface area contributed by atoms with Crippen LogP contribution in [0.2, 0.25) is 0 Å². The summed E-state index contributed by atoms with van der Waals surface area (Å²) >= 11 is 0. The van der Waals surface area contributed by atoms with Crippen molar-refractivity contribution >= 4 is 5.78 Å². The molecule has 0 aromatic heterocycles. The highest BCUT2D eigenvalue weighted by Crippen LogP contribution is 2.52. The molecule has 2 aromatic rings. The van der Waals surface area contributed by atoms with Gasteiger partial charge in [-0.1, -0.05) is 30.3 Å². The Morgan fingerprint density at radius 1 is 0.634 bits per heavy atom. The zero-order valence-electron chi connectivity index (χ0n) is 21.6. The molecule has 14 nitrogen and oxygen atoms in total. The predicted octanol–water partition coefficient (Wildman–Crippen LogP) is -2.35. The number of carbonyl (C=O) groups excluding carboxylic acids is 1.